The molecule has 108 valence electrons. The van der Waals surface area contributed by atoms with E-state index in [1.807, 2.05) is 0 Å². The quantitative estimate of drug-likeness (QED) is 0.451. The smallest absolute Gasteiger partial charge is 0.273 e. The van der Waals surface area contributed by atoms with Gasteiger partial charge < -0.3 is 11.5 Å². The minimum absolute atomic E-state index is 0. The number of carbonyl (C=O) groups excluding carboxylic acids is 2. The van der Waals surface area contributed by atoms with Crippen molar-refractivity contribution in [2.45, 2.75) is 7.43 Å². The second kappa shape index (κ2) is 14.0. The number of hydrogen-bond acceptors (Lipinski definition) is 3. The molecule has 19 heavy (non-hydrogen) atoms. The van der Waals surface area contributed by atoms with Gasteiger partial charge in [0.15, 0.2) is 0 Å². The summed E-state index contributed by atoms with van der Waals surface area (Å²) in [4.78, 5) is 18.2. The van der Waals surface area contributed by atoms with Gasteiger partial charge in [0.05, 0.1) is 10.0 Å². The minimum atomic E-state index is -0.639. The summed E-state index contributed by atoms with van der Waals surface area (Å²) in [5, 5.41) is 1.40. The third kappa shape index (κ3) is 17.5. The van der Waals surface area contributed by atoms with Crippen LogP contribution in [-0.2, 0) is 0 Å². The molecular weight excluding hydrogens is 347 g/mol. The number of thiocarbonyl (C=S) groups is 1. The molecule has 9 heteroatoms. The predicted octanol–water partition coefficient (Wildman–Crippen LogP) is 3.97. The molecule has 0 fully saturated rings. The lowest BCUT2D eigenvalue weighted by Gasteiger charge is -1.97. The molecule has 0 spiro atoms. The average molecular weight is 361 g/mol. The van der Waals surface area contributed by atoms with Crippen LogP contribution < -0.4 is 11.5 Å². The number of halogens is 2. The van der Waals surface area contributed by atoms with Crippen LogP contribution in [0.2, 0.25) is 10.0 Å². The van der Waals surface area contributed by atoms with Crippen molar-refractivity contribution < 1.29 is 9.59 Å². The van der Waals surface area contributed by atoms with Gasteiger partial charge in [-0.2, -0.15) is 0 Å². The van der Waals surface area contributed by atoms with Crippen LogP contribution in [0.3, 0.4) is 0 Å². The van der Waals surface area contributed by atoms with Crippen molar-refractivity contribution in [3.63, 3.8) is 0 Å². The first-order valence-electron chi connectivity index (χ1n) is 4.08. The van der Waals surface area contributed by atoms with E-state index in [0.717, 1.165) is 5.56 Å². The van der Waals surface area contributed by atoms with Crippen LogP contribution in [0.1, 0.15) is 13.0 Å². The number of amides is 2. The fraction of sp³-hybridized carbons (Fsp3) is 0.100. The third-order valence-electron chi connectivity index (χ3n) is 1.12. The molecule has 1 aromatic carbocycles. The fourth-order valence-electron chi connectivity index (χ4n) is 0.623. The summed E-state index contributed by atoms with van der Waals surface area (Å²) >= 11 is 22.4. The molecule has 1 aromatic rings. The van der Waals surface area contributed by atoms with Crippen molar-refractivity contribution in [3.8, 4) is 0 Å². The first kappa shape index (κ1) is 23.6. The molecule has 0 aliphatic heterocycles. The van der Waals surface area contributed by atoms with E-state index in [-0.39, 0.29) is 7.43 Å². The Hall–Kier alpha value is -0.470. The number of carbonyl (C=O) groups is 2. The standard InChI is InChI=1S/C7H4Cl2S.2CH3NOS.CH4/c8-6-2-1-3-7(9)5(6)4-10;2*2-1(3)4;/h1-4H;2*(H3,2,3,4);1H4. The van der Waals surface area contributed by atoms with E-state index in [0.29, 0.717) is 10.0 Å². The zero-order valence-corrected chi connectivity index (χ0v) is 13.0. The van der Waals surface area contributed by atoms with Crippen LogP contribution in [0.5, 0.6) is 0 Å². The molecule has 4 N–H and O–H groups in total. The summed E-state index contributed by atoms with van der Waals surface area (Å²) in [5.74, 6) is 0. The van der Waals surface area contributed by atoms with E-state index in [4.69, 9.17) is 45.0 Å². The number of nitrogens with two attached hydrogens (primary N) is 2. The molecule has 4 nitrogen and oxygen atoms in total. The van der Waals surface area contributed by atoms with Gasteiger partial charge in [0, 0.05) is 10.9 Å². The zero-order chi connectivity index (χ0) is 14.7. The SMILES string of the molecule is C.NC(=O)S.NC(=O)S.S=Cc1c(Cl)cccc1Cl. The van der Waals surface area contributed by atoms with Crippen LogP contribution in [0, 0.1) is 0 Å². The number of rotatable bonds is 1. The van der Waals surface area contributed by atoms with Gasteiger partial charge in [-0.15, -0.1) is 0 Å². The van der Waals surface area contributed by atoms with Gasteiger partial charge >= 0.3 is 0 Å². The maximum Gasteiger partial charge on any atom is 0.273 e. The summed E-state index contributed by atoms with van der Waals surface area (Å²) in [7, 11) is 0. The van der Waals surface area contributed by atoms with Crippen molar-refractivity contribution >= 4 is 76.5 Å². The van der Waals surface area contributed by atoms with Gasteiger partial charge in [0.1, 0.15) is 0 Å². The highest BCUT2D eigenvalue weighted by molar-refractivity contribution is 7.96. The molecule has 1 rings (SSSR count). The lowest BCUT2D eigenvalue weighted by molar-refractivity contribution is 0.266. The maximum absolute atomic E-state index is 9.09. The third-order valence-corrected chi connectivity index (χ3v) is 2.01. The van der Waals surface area contributed by atoms with E-state index in [1.54, 1.807) is 18.2 Å². The molecule has 0 bridgehead atoms. The molecule has 2 amide bonds. The van der Waals surface area contributed by atoms with E-state index < -0.39 is 10.5 Å². The number of thiol groups is 2. The van der Waals surface area contributed by atoms with Gasteiger partial charge in [-0.3, -0.25) is 9.59 Å². The van der Waals surface area contributed by atoms with E-state index >= 15 is 0 Å². The van der Waals surface area contributed by atoms with Crippen LogP contribution in [0.4, 0.5) is 9.59 Å². The molecule has 0 aliphatic carbocycles. The zero-order valence-electron chi connectivity index (χ0n) is 8.84. The highest BCUT2D eigenvalue weighted by Gasteiger charge is 1.99. The Morgan fingerprint density at radius 1 is 1.11 bits per heavy atom. The van der Waals surface area contributed by atoms with Crippen molar-refractivity contribution in [1.82, 2.24) is 0 Å². The summed E-state index contributed by atoms with van der Waals surface area (Å²) in [6, 6.07) is 5.30. The van der Waals surface area contributed by atoms with Gasteiger partial charge in [-0.25, -0.2) is 0 Å². The minimum Gasteiger partial charge on any atom is -0.361 e. The van der Waals surface area contributed by atoms with Crippen LogP contribution in [0.25, 0.3) is 0 Å². The molecule has 0 heterocycles. The van der Waals surface area contributed by atoms with Crippen molar-refractivity contribution in [1.29, 1.82) is 0 Å². The molecule has 0 saturated carbocycles. The number of hydrogen-bond donors (Lipinski definition) is 4. The molecule has 0 unspecified atom stereocenters. The molecule has 0 saturated heterocycles. The second-order valence-electron chi connectivity index (χ2n) is 2.43. The lowest BCUT2D eigenvalue weighted by Crippen LogP contribution is -1.95. The maximum atomic E-state index is 9.09. The largest absolute Gasteiger partial charge is 0.361 e. The number of benzene rings is 1. The van der Waals surface area contributed by atoms with Gasteiger partial charge in [-0.05, 0) is 12.1 Å². The summed E-state index contributed by atoms with van der Waals surface area (Å²) < 4.78 is 0. The lowest BCUT2D eigenvalue weighted by atomic mass is 10.2. The van der Waals surface area contributed by atoms with Crippen LogP contribution in [-0.4, -0.2) is 15.8 Å². The van der Waals surface area contributed by atoms with E-state index in [9.17, 15) is 0 Å². The Balaban J connectivity index is -0.000000242. The van der Waals surface area contributed by atoms with Crippen molar-refractivity contribution in [3.05, 3.63) is 33.8 Å². The second-order valence-corrected chi connectivity index (χ2v) is 4.36. The Labute approximate surface area is 138 Å². The highest BCUT2D eigenvalue weighted by atomic mass is 35.5. The highest BCUT2D eigenvalue weighted by Crippen LogP contribution is 2.21. The Bertz CT molecular complexity index is 391. The topological polar surface area (TPSA) is 86.2 Å². The van der Waals surface area contributed by atoms with Gasteiger partial charge in [0.25, 0.3) is 10.5 Å². The Kier molecular flexibility index (Phi) is 17.3. The Morgan fingerprint density at radius 3 is 1.53 bits per heavy atom. The Morgan fingerprint density at radius 2 is 1.37 bits per heavy atom. The first-order chi connectivity index (χ1) is 8.22. The first-order valence-corrected chi connectivity index (χ1v) is 6.20. The fourth-order valence-corrected chi connectivity index (χ4v) is 1.51. The normalized spacial score (nSPS) is 7.58. The summed E-state index contributed by atoms with van der Waals surface area (Å²) in [5.41, 5.74) is 9.40. The summed E-state index contributed by atoms with van der Waals surface area (Å²) in [6.45, 7) is 0. The van der Waals surface area contributed by atoms with E-state index in [2.05, 4.69) is 36.7 Å². The molecule has 0 aromatic heterocycles. The predicted molar refractivity (Wildman–Crippen MR) is 93.1 cm³/mol. The molecule has 0 atom stereocenters. The van der Waals surface area contributed by atoms with Gasteiger partial charge in [-0.1, -0.05) is 74.2 Å². The molecule has 0 aliphatic rings. The van der Waals surface area contributed by atoms with Gasteiger partial charge in [0.2, 0.25) is 0 Å². The van der Waals surface area contributed by atoms with E-state index in [1.165, 1.54) is 5.37 Å². The average Bonchev–Trinajstić information content (AvgIpc) is 2.16. The van der Waals surface area contributed by atoms with Crippen LogP contribution >= 0.6 is 60.7 Å². The van der Waals surface area contributed by atoms with Crippen molar-refractivity contribution in [2.24, 2.45) is 11.5 Å². The molecular formula is C10H14Cl2N2O2S3. The molecule has 0 radical (unpaired) electrons. The van der Waals surface area contributed by atoms with Crippen LogP contribution in [0.15, 0.2) is 18.2 Å². The van der Waals surface area contributed by atoms with Crippen molar-refractivity contribution in [2.75, 3.05) is 0 Å². The summed E-state index contributed by atoms with van der Waals surface area (Å²) in [6.07, 6.45) is 0. The monoisotopic (exact) mass is 360 g/mol. The number of primary amides is 2.